The summed E-state index contributed by atoms with van der Waals surface area (Å²) in [6.45, 7) is 9.05. The minimum atomic E-state index is -1.43. The first-order valence-corrected chi connectivity index (χ1v) is 10.8. The van der Waals surface area contributed by atoms with E-state index in [1.807, 2.05) is 6.26 Å². The van der Waals surface area contributed by atoms with E-state index < -0.39 is 8.32 Å². The average Bonchev–Trinajstić information content (AvgIpc) is 2.46. The second-order valence-corrected chi connectivity index (χ2v) is 10.0. The van der Waals surface area contributed by atoms with E-state index in [4.69, 9.17) is 4.43 Å². The second kappa shape index (κ2) is 12.5. The minimum Gasteiger partial charge on any atom is -0.549 e. The molecule has 0 rings (SSSR count). The molecule has 112 valence electrons. The fraction of sp³-hybridized carbons (Fsp3) is 0.765. The van der Waals surface area contributed by atoms with E-state index >= 15 is 0 Å². The highest BCUT2D eigenvalue weighted by Crippen LogP contribution is 2.21. The number of hydrogen-bond acceptors (Lipinski definition) is 1. The van der Waals surface area contributed by atoms with Gasteiger partial charge >= 0.3 is 0 Å². The fourth-order valence-electron chi connectivity index (χ4n) is 2.27. The third-order valence-corrected chi connectivity index (χ3v) is 8.55. The van der Waals surface area contributed by atoms with E-state index in [0.717, 1.165) is 0 Å². The molecule has 0 spiro atoms. The van der Waals surface area contributed by atoms with Gasteiger partial charge in [-0.05, 0) is 37.0 Å². The number of allylic oxidation sites excluding steroid dienone is 3. The lowest BCUT2D eigenvalue weighted by molar-refractivity contribution is 0.458. The lowest BCUT2D eigenvalue weighted by Crippen LogP contribution is -2.33. The van der Waals surface area contributed by atoms with Crippen molar-refractivity contribution >= 4 is 8.32 Å². The molecule has 19 heavy (non-hydrogen) atoms. The first kappa shape index (κ1) is 18.5. The highest BCUT2D eigenvalue weighted by molar-refractivity contribution is 6.73. The lowest BCUT2D eigenvalue weighted by atomic mass is 10.1. The Morgan fingerprint density at radius 2 is 1.42 bits per heavy atom. The zero-order valence-corrected chi connectivity index (χ0v) is 14.6. The van der Waals surface area contributed by atoms with Gasteiger partial charge in [-0.3, -0.25) is 0 Å². The van der Waals surface area contributed by atoms with Crippen LogP contribution in [0.5, 0.6) is 0 Å². The van der Waals surface area contributed by atoms with Gasteiger partial charge in [-0.2, -0.15) is 0 Å². The van der Waals surface area contributed by atoms with Gasteiger partial charge in [0.15, 0.2) is 0 Å². The summed E-state index contributed by atoms with van der Waals surface area (Å²) in [5, 5.41) is 0. The van der Waals surface area contributed by atoms with Crippen LogP contribution < -0.4 is 0 Å². The highest BCUT2D eigenvalue weighted by atomic mass is 28.4. The van der Waals surface area contributed by atoms with Gasteiger partial charge in [-0.25, -0.2) is 0 Å². The van der Waals surface area contributed by atoms with E-state index in [1.165, 1.54) is 56.7 Å². The summed E-state index contributed by atoms with van der Waals surface area (Å²) in [6, 6.07) is 3.64. The van der Waals surface area contributed by atoms with Gasteiger partial charge in [0.2, 0.25) is 8.32 Å². The van der Waals surface area contributed by atoms with Crippen LogP contribution in [0.4, 0.5) is 0 Å². The molecule has 0 fully saturated rings. The number of unbranched alkanes of at least 4 members (excludes halogenated alkanes) is 5. The second-order valence-electron chi connectivity index (χ2n) is 5.32. The molecule has 0 unspecified atom stereocenters. The number of rotatable bonds is 12. The maximum atomic E-state index is 6.04. The smallest absolute Gasteiger partial charge is 0.249 e. The third-order valence-electron chi connectivity index (χ3n) is 4.05. The van der Waals surface area contributed by atoms with Crippen molar-refractivity contribution in [2.75, 3.05) is 0 Å². The van der Waals surface area contributed by atoms with E-state index in [0.29, 0.717) is 0 Å². The Morgan fingerprint density at radius 1 is 0.789 bits per heavy atom. The Balaban J connectivity index is 3.71. The largest absolute Gasteiger partial charge is 0.549 e. The predicted octanol–water partition coefficient (Wildman–Crippen LogP) is 6.44. The molecule has 0 aromatic carbocycles. The van der Waals surface area contributed by atoms with Crippen LogP contribution in [-0.4, -0.2) is 8.32 Å². The van der Waals surface area contributed by atoms with Gasteiger partial charge in [0, 0.05) is 0 Å². The Morgan fingerprint density at radius 3 is 2.00 bits per heavy atom. The van der Waals surface area contributed by atoms with Crippen molar-refractivity contribution in [3.8, 4) is 0 Å². The molecule has 0 aliphatic rings. The molecule has 0 saturated heterocycles. The molecule has 0 heterocycles. The first-order valence-electron chi connectivity index (χ1n) is 8.24. The van der Waals surface area contributed by atoms with Gasteiger partial charge in [0.25, 0.3) is 0 Å². The van der Waals surface area contributed by atoms with E-state index in [-0.39, 0.29) is 0 Å². The summed E-state index contributed by atoms with van der Waals surface area (Å²) >= 11 is 0. The molecule has 0 radical (unpaired) electrons. The molecule has 0 aromatic heterocycles. The minimum absolute atomic E-state index is 1.20. The monoisotopic (exact) mass is 282 g/mol. The maximum Gasteiger partial charge on any atom is 0.249 e. The highest BCUT2D eigenvalue weighted by Gasteiger charge is 2.28. The van der Waals surface area contributed by atoms with Crippen LogP contribution in [0.3, 0.4) is 0 Å². The van der Waals surface area contributed by atoms with E-state index in [9.17, 15) is 0 Å². The third kappa shape index (κ3) is 9.09. The molecule has 1 nitrogen and oxygen atoms in total. The summed E-state index contributed by atoms with van der Waals surface area (Å²) < 4.78 is 6.04. The average molecular weight is 283 g/mol. The quantitative estimate of drug-likeness (QED) is 0.173. The van der Waals surface area contributed by atoms with Gasteiger partial charge in [0.1, 0.15) is 0 Å². The van der Waals surface area contributed by atoms with Crippen LogP contribution in [0.1, 0.15) is 66.2 Å². The van der Waals surface area contributed by atoms with Gasteiger partial charge < -0.3 is 4.43 Å². The standard InChI is InChI=1S/C17H34OSi/c1-5-9-10-11-12-13-14-15-16-17-18-19(6-2,7-3)8-4/h14-17H,5-13H2,1-4H3. The van der Waals surface area contributed by atoms with Gasteiger partial charge in [-0.1, -0.05) is 65.5 Å². The Hall–Kier alpha value is -0.503. The van der Waals surface area contributed by atoms with Gasteiger partial charge in [0.05, 0.1) is 6.26 Å². The van der Waals surface area contributed by atoms with E-state index in [2.05, 4.69) is 45.9 Å². The maximum absolute atomic E-state index is 6.04. The van der Waals surface area contributed by atoms with Crippen LogP contribution in [0, 0.1) is 0 Å². The molecule has 0 amide bonds. The molecule has 0 aliphatic carbocycles. The molecule has 2 heteroatoms. The lowest BCUT2D eigenvalue weighted by Gasteiger charge is -2.26. The zero-order valence-electron chi connectivity index (χ0n) is 13.6. The molecule has 0 atom stereocenters. The Bertz CT molecular complexity index is 233. The van der Waals surface area contributed by atoms with Crippen LogP contribution in [0.2, 0.25) is 18.1 Å². The van der Waals surface area contributed by atoms with Crippen LogP contribution in [-0.2, 0) is 4.43 Å². The van der Waals surface area contributed by atoms with Crippen LogP contribution >= 0.6 is 0 Å². The Labute approximate surface area is 122 Å². The van der Waals surface area contributed by atoms with Crippen molar-refractivity contribution in [1.29, 1.82) is 0 Å². The molecule has 0 N–H and O–H groups in total. The van der Waals surface area contributed by atoms with Crippen LogP contribution in [0.15, 0.2) is 24.5 Å². The summed E-state index contributed by atoms with van der Waals surface area (Å²) in [7, 11) is -1.43. The predicted molar refractivity (Wildman–Crippen MR) is 89.9 cm³/mol. The summed E-state index contributed by atoms with van der Waals surface area (Å²) in [6.07, 6.45) is 16.4. The van der Waals surface area contributed by atoms with Crippen molar-refractivity contribution < 1.29 is 4.43 Å². The van der Waals surface area contributed by atoms with Crippen molar-refractivity contribution in [3.63, 3.8) is 0 Å². The Kier molecular flexibility index (Phi) is 12.2. The van der Waals surface area contributed by atoms with Crippen molar-refractivity contribution in [3.05, 3.63) is 24.5 Å². The summed E-state index contributed by atoms with van der Waals surface area (Å²) in [4.78, 5) is 0. The summed E-state index contributed by atoms with van der Waals surface area (Å²) in [5.74, 6) is 0. The molecule has 0 bridgehead atoms. The molecular weight excluding hydrogens is 248 g/mol. The van der Waals surface area contributed by atoms with Crippen molar-refractivity contribution in [2.24, 2.45) is 0 Å². The normalized spacial score (nSPS) is 12.6. The van der Waals surface area contributed by atoms with Crippen LogP contribution in [0.25, 0.3) is 0 Å². The summed E-state index contributed by atoms with van der Waals surface area (Å²) in [5.41, 5.74) is 0. The fourth-order valence-corrected chi connectivity index (χ4v) is 4.64. The van der Waals surface area contributed by atoms with E-state index in [1.54, 1.807) is 0 Å². The van der Waals surface area contributed by atoms with Crippen molar-refractivity contribution in [2.45, 2.75) is 84.4 Å². The van der Waals surface area contributed by atoms with Gasteiger partial charge in [-0.15, -0.1) is 0 Å². The first-order chi connectivity index (χ1) is 9.24. The molecule has 0 saturated carbocycles. The molecular formula is C17H34OSi. The van der Waals surface area contributed by atoms with Crippen molar-refractivity contribution in [1.82, 2.24) is 0 Å². The number of hydrogen-bond donors (Lipinski definition) is 0. The zero-order chi connectivity index (χ0) is 14.4. The molecule has 0 aliphatic heterocycles. The topological polar surface area (TPSA) is 9.23 Å². The SMILES string of the molecule is CCCCCCCC=CC=CO[Si](CC)(CC)CC. The molecule has 0 aromatic rings.